The molecule has 2 amide bonds. The summed E-state index contributed by atoms with van der Waals surface area (Å²) in [5.41, 5.74) is 1.29. The molecule has 2 aromatic carbocycles. The highest BCUT2D eigenvalue weighted by Crippen LogP contribution is 2.24. The topological polar surface area (TPSA) is 49.4 Å². The number of carbonyl (C=O) groups is 2. The number of nitrogens with one attached hydrogen (secondary N) is 1. The van der Waals surface area contributed by atoms with Gasteiger partial charge in [-0.05, 0) is 43.7 Å². The molecule has 0 aliphatic heterocycles. The van der Waals surface area contributed by atoms with Gasteiger partial charge in [0.15, 0.2) is 0 Å². The second-order valence-corrected chi connectivity index (χ2v) is 8.72. The molecule has 2 aromatic rings. The van der Waals surface area contributed by atoms with Crippen molar-refractivity contribution in [3.05, 3.63) is 68.9 Å². The molecule has 29 heavy (non-hydrogen) atoms. The lowest BCUT2D eigenvalue weighted by molar-refractivity contribution is -0.138. The summed E-state index contributed by atoms with van der Waals surface area (Å²) in [5, 5.41) is 3.10. The lowest BCUT2D eigenvalue weighted by Gasteiger charge is -2.28. The molecular weight excluding hydrogens is 479 g/mol. The Morgan fingerprint density at radius 2 is 1.93 bits per heavy atom. The summed E-state index contributed by atoms with van der Waals surface area (Å²) in [5.74, 6) is -0.395. The van der Waals surface area contributed by atoms with Crippen molar-refractivity contribution in [2.45, 2.75) is 32.2 Å². The van der Waals surface area contributed by atoms with Gasteiger partial charge in [0.1, 0.15) is 11.9 Å². The molecule has 0 unspecified atom stereocenters. The summed E-state index contributed by atoms with van der Waals surface area (Å²) in [4.78, 5) is 26.8. The molecule has 156 valence electrons. The van der Waals surface area contributed by atoms with Gasteiger partial charge in [-0.25, -0.2) is 4.39 Å². The van der Waals surface area contributed by atoms with Crippen molar-refractivity contribution in [1.82, 2.24) is 10.2 Å². The number of amides is 2. The van der Waals surface area contributed by atoms with Crippen molar-refractivity contribution in [1.29, 1.82) is 0 Å². The van der Waals surface area contributed by atoms with Gasteiger partial charge in [-0.15, -0.1) is 11.8 Å². The van der Waals surface area contributed by atoms with Crippen LogP contribution in [0.25, 0.3) is 0 Å². The second kappa shape index (κ2) is 11.6. The number of nitrogens with zero attached hydrogens (tertiary/aromatic N) is 1. The van der Waals surface area contributed by atoms with Crippen LogP contribution in [-0.2, 0) is 21.9 Å². The Morgan fingerprint density at radius 3 is 2.55 bits per heavy atom. The molecule has 0 spiro atoms. The van der Waals surface area contributed by atoms with Gasteiger partial charge in [-0.3, -0.25) is 9.59 Å². The largest absolute Gasteiger partial charge is 0.355 e. The first kappa shape index (κ1) is 23.7. The van der Waals surface area contributed by atoms with Crippen LogP contribution in [0.3, 0.4) is 0 Å². The number of thioether (sulfide) groups is 1. The van der Waals surface area contributed by atoms with Gasteiger partial charge in [-0.1, -0.05) is 45.7 Å². The maximum absolute atomic E-state index is 13.9. The molecule has 0 saturated carbocycles. The summed E-state index contributed by atoms with van der Waals surface area (Å²) < 4.78 is 14.9. The number of likely N-dealkylation sites (N-methyl/N-ethyl adjacent to an activating group) is 1. The van der Waals surface area contributed by atoms with Crippen molar-refractivity contribution in [2.75, 3.05) is 12.3 Å². The van der Waals surface area contributed by atoms with E-state index >= 15 is 0 Å². The average Bonchev–Trinajstić information content (AvgIpc) is 2.69. The van der Waals surface area contributed by atoms with Gasteiger partial charge in [0.05, 0.1) is 5.75 Å². The molecule has 0 aliphatic rings. The van der Waals surface area contributed by atoms with Crippen LogP contribution in [0.1, 0.15) is 25.0 Å². The molecule has 0 bridgehead atoms. The van der Waals surface area contributed by atoms with E-state index in [0.29, 0.717) is 23.7 Å². The first-order valence-corrected chi connectivity index (χ1v) is 11.5. The Bertz CT molecular complexity index is 831. The van der Waals surface area contributed by atoms with E-state index in [1.807, 2.05) is 31.2 Å². The number of rotatable bonds is 9. The quantitative estimate of drug-likeness (QED) is 0.524. The SMILES string of the molecule is CCNC(=O)[C@@H](C)N(Cc1ccc(Br)cc1)C(=O)CSCc1c(F)cccc1Cl. The fourth-order valence-corrected chi connectivity index (χ4v) is 4.20. The second-order valence-electron chi connectivity index (χ2n) is 6.41. The minimum absolute atomic E-state index is 0.116. The molecule has 0 aromatic heterocycles. The summed E-state index contributed by atoms with van der Waals surface area (Å²) in [6.45, 7) is 4.34. The normalized spacial score (nSPS) is 11.8. The molecular formula is C21H23BrClFN2O2S. The van der Waals surface area contributed by atoms with Gasteiger partial charge < -0.3 is 10.2 Å². The van der Waals surface area contributed by atoms with Gasteiger partial charge in [0.25, 0.3) is 0 Å². The van der Waals surface area contributed by atoms with Gasteiger partial charge in [0.2, 0.25) is 11.8 Å². The Balaban J connectivity index is 2.08. The Kier molecular flexibility index (Phi) is 9.46. The third-order valence-electron chi connectivity index (χ3n) is 4.32. The smallest absolute Gasteiger partial charge is 0.242 e. The lowest BCUT2D eigenvalue weighted by atomic mass is 10.1. The van der Waals surface area contributed by atoms with Crippen molar-refractivity contribution in [3.63, 3.8) is 0 Å². The Morgan fingerprint density at radius 1 is 1.24 bits per heavy atom. The van der Waals surface area contributed by atoms with E-state index in [2.05, 4.69) is 21.2 Å². The third kappa shape index (κ3) is 7.01. The maximum atomic E-state index is 13.9. The van der Waals surface area contributed by atoms with Crippen LogP contribution in [0.4, 0.5) is 4.39 Å². The lowest BCUT2D eigenvalue weighted by Crippen LogP contribution is -2.48. The van der Waals surface area contributed by atoms with E-state index in [1.54, 1.807) is 24.0 Å². The van der Waals surface area contributed by atoms with Crippen molar-refractivity contribution >= 4 is 51.1 Å². The van der Waals surface area contributed by atoms with E-state index in [1.165, 1.54) is 17.8 Å². The number of benzene rings is 2. The zero-order chi connectivity index (χ0) is 21.4. The molecule has 1 atom stereocenters. The molecule has 4 nitrogen and oxygen atoms in total. The molecule has 8 heteroatoms. The molecule has 0 saturated heterocycles. The van der Waals surface area contributed by atoms with Gasteiger partial charge in [-0.2, -0.15) is 0 Å². The highest BCUT2D eigenvalue weighted by atomic mass is 79.9. The van der Waals surface area contributed by atoms with E-state index in [0.717, 1.165) is 10.0 Å². The van der Waals surface area contributed by atoms with Gasteiger partial charge in [0, 0.05) is 33.9 Å². The zero-order valence-electron chi connectivity index (χ0n) is 16.3. The monoisotopic (exact) mass is 500 g/mol. The summed E-state index contributed by atoms with van der Waals surface area (Å²) in [6.07, 6.45) is 0. The molecule has 1 N–H and O–H groups in total. The van der Waals surface area contributed by atoms with Crippen LogP contribution >= 0.6 is 39.3 Å². The summed E-state index contributed by atoms with van der Waals surface area (Å²) in [6, 6.07) is 11.5. The Hall–Kier alpha value is -1.57. The van der Waals surface area contributed by atoms with Crippen LogP contribution in [-0.4, -0.2) is 35.1 Å². The highest BCUT2D eigenvalue weighted by Gasteiger charge is 2.25. The summed E-state index contributed by atoms with van der Waals surface area (Å²) >= 11 is 10.7. The molecule has 0 heterocycles. The van der Waals surface area contributed by atoms with E-state index < -0.39 is 6.04 Å². The fraction of sp³-hybridized carbons (Fsp3) is 0.333. The molecule has 0 aliphatic carbocycles. The molecule has 0 fully saturated rings. The number of carbonyl (C=O) groups excluding carboxylic acids is 2. The van der Waals surface area contributed by atoms with E-state index in [-0.39, 0.29) is 29.1 Å². The van der Waals surface area contributed by atoms with E-state index in [4.69, 9.17) is 11.6 Å². The van der Waals surface area contributed by atoms with Crippen LogP contribution in [0.2, 0.25) is 5.02 Å². The average molecular weight is 502 g/mol. The zero-order valence-corrected chi connectivity index (χ0v) is 19.4. The van der Waals surface area contributed by atoms with Gasteiger partial charge >= 0.3 is 0 Å². The predicted octanol–water partition coefficient (Wildman–Crippen LogP) is 5.03. The summed E-state index contributed by atoms with van der Waals surface area (Å²) in [7, 11) is 0. The predicted molar refractivity (Wildman–Crippen MR) is 120 cm³/mol. The number of halogens is 3. The first-order valence-electron chi connectivity index (χ1n) is 9.15. The highest BCUT2D eigenvalue weighted by molar-refractivity contribution is 9.10. The van der Waals surface area contributed by atoms with Crippen LogP contribution in [0.15, 0.2) is 46.9 Å². The maximum Gasteiger partial charge on any atom is 0.242 e. The minimum atomic E-state index is -0.622. The van der Waals surface area contributed by atoms with Crippen LogP contribution in [0.5, 0.6) is 0 Å². The van der Waals surface area contributed by atoms with Crippen molar-refractivity contribution < 1.29 is 14.0 Å². The van der Waals surface area contributed by atoms with E-state index in [9.17, 15) is 14.0 Å². The van der Waals surface area contributed by atoms with Crippen molar-refractivity contribution in [2.24, 2.45) is 0 Å². The fourth-order valence-electron chi connectivity index (χ4n) is 2.68. The van der Waals surface area contributed by atoms with Crippen molar-refractivity contribution in [3.8, 4) is 0 Å². The third-order valence-corrected chi connectivity index (χ3v) is 6.14. The molecule has 0 radical (unpaired) electrons. The van der Waals surface area contributed by atoms with Crippen LogP contribution < -0.4 is 5.32 Å². The molecule has 2 rings (SSSR count). The standard InChI is InChI=1S/C21H23BrClFN2O2S/c1-3-25-21(28)14(2)26(11-15-7-9-16(22)10-8-15)20(27)13-29-12-17-18(23)5-4-6-19(17)24/h4-10,14H,3,11-13H2,1-2H3,(H,25,28)/t14-/m1/s1. The minimum Gasteiger partial charge on any atom is -0.355 e. The van der Waals surface area contributed by atoms with Crippen LogP contribution in [0, 0.1) is 5.82 Å². The Labute approximate surface area is 188 Å². The first-order chi connectivity index (χ1) is 13.8. The number of hydrogen-bond donors (Lipinski definition) is 1. The number of hydrogen-bond acceptors (Lipinski definition) is 3.